The number of benzene rings is 1. The second kappa shape index (κ2) is 8.88. The molecule has 1 aromatic carbocycles. The van der Waals surface area contributed by atoms with E-state index in [4.69, 9.17) is 9.73 Å². The van der Waals surface area contributed by atoms with Crippen molar-refractivity contribution in [3.63, 3.8) is 0 Å². The number of esters is 1. The van der Waals surface area contributed by atoms with Crippen LogP contribution in [0.25, 0.3) is 11.0 Å². The normalized spacial score (nSPS) is 20.3. The molecule has 7 nitrogen and oxygen atoms in total. The highest BCUT2D eigenvalue weighted by Gasteiger charge is 2.36. The molecule has 1 aliphatic rings. The van der Waals surface area contributed by atoms with Crippen LogP contribution in [-0.2, 0) is 16.1 Å². The van der Waals surface area contributed by atoms with Gasteiger partial charge in [-0.15, -0.1) is 0 Å². The summed E-state index contributed by atoms with van der Waals surface area (Å²) in [5.74, 6) is 0.925. The van der Waals surface area contributed by atoms with Crippen LogP contribution in [0.1, 0.15) is 20.3 Å². The number of hydrogen-bond acceptors (Lipinski definition) is 4. The highest BCUT2D eigenvalue weighted by atomic mass is 16.5. The van der Waals surface area contributed by atoms with Crippen molar-refractivity contribution in [2.75, 3.05) is 33.3 Å². The topological polar surface area (TPSA) is 71.8 Å². The predicted octanol–water partition coefficient (Wildman–Crippen LogP) is 2.13. The molecular weight excluding hydrogens is 342 g/mol. The van der Waals surface area contributed by atoms with Crippen LogP contribution in [-0.4, -0.2) is 59.7 Å². The Morgan fingerprint density at radius 2 is 2.19 bits per heavy atom. The van der Waals surface area contributed by atoms with Gasteiger partial charge in [-0.25, -0.2) is 4.98 Å². The summed E-state index contributed by atoms with van der Waals surface area (Å²) < 4.78 is 7.10. The number of guanidine groups is 1. The molecule has 0 aliphatic carbocycles. The number of aryl methyl sites for hydroxylation is 1. The van der Waals surface area contributed by atoms with Gasteiger partial charge in [-0.05, 0) is 31.4 Å². The summed E-state index contributed by atoms with van der Waals surface area (Å²) in [6.45, 7) is 8.04. The fourth-order valence-electron chi connectivity index (χ4n) is 3.64. The Labute approximate surface area is 160 Å². The number of hydrogen-bond donors (Lipinski definition) is 1. The van der Waals surface area contributed by atoms with Gasteiger partial charge >= 0.3 is 5.97 Å². The number of aliphatic imine (C=N–C) groups is 1. The number of nitrogens with zero attached hydrogens (tertiary/aromatic N) is 4. The summed E-state index contributed by atoms with van der Waals surface area (Å²) in [5.41, 5.74) is 2.18. The minimum Gasteiger partial charge on any atom is -0.469 e. The Morgan fingerprint density at radius 1 is 1.37 bits per heavy atom. The first-order valence-electron chi connectivity index (χ1n) is 9.65. The van der Waals surface area contributed by atoms with E-state index in [0.29, 0.717) is 6.54 Å². The molecule has 2 atom stereocenters. The van der Waals surface area contributed by atoms with Crippen LogP contribution < -0.4 is 5.32 Å². The largest absolute Gasteiger partial charge is 0.469 e. The lowest BCUT2D eigenvalue weighted by Crippen LogP contribution is -2.40. The van der Waals surface area contributed by atoms with Crippen LogP contribution in [0.15, 0.2) is 35.6 Å². The number of methoxy groups -OCH3 is 1. The molecule has 1 saturated heterocycles. The van der Waals surface area contributed by atoms with E-state index in [-0.39, 0.29) is 17.8 Å². The van der Waals surface area contributed by atoms with Crippen LogP contribution in [0.5, 0.6) is 0 Å². The van der Waals surface area contributed by atoms with Crippen molar-refractivity contribution in [2.24, 2.45) is 16.8 Å². The number of imidazole rings is 1. The first-order valence-corrected chi connectivity index (χ1v) is 9.65. The molecule has 1 aromatic heterocycles. The van der Waals surface area contributed by atoms with E-state index >= 15 is 0 Å². The molecular formula is C20H29N5O2. The van der Waals surface area contributed by atoms with E-state index in [1.165, 1.54) is 7.11 Å². The minimum absolute atomic E-state index is 0.0869. The number of ether oxygens (including phenoxy) is 1. The maximum atomic E-state index is 11.9. The smallest absolute Gasteiger partial charge is 0.310 e. The SMILES string of the molecule is CCNC(=NCCCn1cnc2ccccc21)N1CC(C)C(C(=O)OC)C1. The molecule has 1 aliphatic heterocycles. The van der Waals surface area contributed by atoms with Crippen LogP contribution >= 0.6 is 0 Å². The van der Waals surface area contributed by atoms with Crippen LogP contribution in [0, 0.1) is 11.8 Å². The van der Waals surface area contributed by atoms with Gasteiger partial charge in [0.05, 0.1) is 30.4 Å². The van der Waals surface area contributed by atoms with Crippen molar-refractivity contribution in [1.82, 2.24) is 19.8 Å². The molecule has 0 amide bonds. The van der Waals surface area contributed by atoms with E-state index in [2.05, 4.69) is 39.7 Å². The van der Waals surface area contributed by atoms with Crippen LogP contribution in [0.3, 0.4) is 0 Å². The van der Waals surface area contributed by atoms with Gasteiger partial charge in [0, 0.05) is 32.7 Å². The number of rotatable bonds is 6. The first kappa shape index (κ1) is 19.2. The molecule has 2 aromatic rings. The van der Waals surface area contributed by atoms with E-state index in [1.807, 2.05) is 24.5 Å². The lowest BCUT2D eigenvalue weighted by molar-refractivity contribution is -0.145. The number of carbonyl (C=O) groups excluding carboxylic acids is 1. The van der Waals surface area contributed by atoms with Gasteiger partial charge in [-0.3, -0.25) is 9.79 Å². The number of carbonyl (C=O) groups is 1. The third-order valence-corrected chi connectivity index (χ3v) is 5.10. The standard InChI is InChI=1S/C20H29N5O2/c1-4-21-20(25-12-15(2)16(13-25)19(26)27-3)22-10-7-11-24-14-23-17-8-5-6-9-18(17)24/h5-6,8-9,14-16H,4,7,10-13H2,1-3H3,(H,21,22). The molecule has 2 unspecified atom stereocenters. The van der Waals surface area contributed by atoms with Crippen molar-refractivity contribution in [1.29, 1.82) is 0 Å². The van der Waals surface area contributed by atoms with Gasteiger partial charge in [-0.2, -0.15) is 0 Å². The average molecular weight is 371 g/mol. The van der Waals surface area contributed by atoms with Gasteiger partial charge in [0.1, 0.15) is 0 Å². The summed E-state index contributed by atoms with van der Waals surface area (Å²) >= 11 is 0. The summed E-state index contributed by atoms with van der Waals surface area (Å²) in [7, 11) is 1.46. The molecule has 27 heavy (non-hydrogen) atoms. The molecule has 0 spiro atoms. The Bertz CT molecular complexity index is 801. The zero-order chi connectivity index (χ0) is 19.2. The number of likely N-dealkylation sites (tertiary alicyclic amines) is 1. The third kappa shape index (κ3) is 4.40. The van der Waals surface area contributed by atoms with Crippen molar-refractivity contribution in [3.05, 3.63) is 30.6 Å². The molecule has 7 heteroatoms. The molecule has 0 bridgehead atoms. The zero-order valence-corrected chi connectivity index (χ0v) is 16.4. The number of fused-ring (bicyclic) bond motifs is 1. The van der Waals surface area contributed by atoms with Crippen LogP contribution in [0.4, 0.5) is 0 Å². The van der Waals surface area contributed by atoms with E-state index < -0.39 is 0 Å². The lowest BCUT2D eigenvalue weighted by Gasteiger charge is -2.21. The highest BCUT2D eigenvalue weighted by Crippen LogP contribution is 2.24. The summed E-state index contributed by atoms with van der Waals surface area (Å²) in [5, 5.41) is 3.35. The highest BCUT2D eigenvalue weighted by molar-refractivity contribution is 5.82. The molecule has 3 rings (SSSR count). The molecule has 0 radical (unpaired) electrons. The maximum absolute atomic E-state index is 11.9. The van der Waals surface area contributed by atoms with Crippen molar-refractivity contribution in [3.8, 4) is 0 Å². The van der Waals surface area contributed by atoms with Gasteiger partial charge < -0.3 is 19.5 Å². The van der Waals surface area contributed by atoms with Crippen molar-refractivity contribution < 1.29 is 9.53 Å². The van der Waals surface area contributed by atoms with E-state index in [1.54, 1.807) is 0 Å². The Morgan fingerprint density at radius 3 is 2.96 bits per heavy atom. The molecule has 146 valence electrons. The minimum atomic E-state index is -0.132. The Kier molecular flexibility index (Phi) is 6.32. The summed E-state index contributed by atoms with van der Waals surface area (Å²) in [4.78, 5) is 23.3. The van der Waals surface area contributed by atoms with E-state index in [0.717, 1.165) is 49.6 Å². The quantitative estimate of drug-likeness (QED) is 0.365. The molecule has 1 N–H and O–H groups in total. The fraction of sp³-hybridized carbons (Fsp3) is 0.550. The van der Waals surface area contributed by atoms with Gasteiger partial charge in [0.2, 0.25) is 0 Å². The number of nitrogens with one attached hydrogen (secondary N) is 1. The first-order chi connectivity index (χ1) is 13.1. The maximum Gasteiger partial charge on any atom is 0.310 e. The van der Waals surface area contributed by atoms with Crippen LogP contribution in [0.2, 0.25) is 0 Å². The number of aromatic nitrogens is 2. The lowest BCUT2D eigenvalue weighted by atomic mass is 9.99. The average Bonchev–Trinajstić information content (AvgIpc) is 3.27. The van der Waals surface area contributed by atoms with Gasteiger partial charge in [0.15, 0.2) is 5.96 Å². The molecule has 0 saturated carbocycles. The van der Waals surface area contributed by atoms with E-state index in [9.17, 15) is 4.79 Å². The zero-order valence-electron chi connectivity index (χ0n) is 16.4. The summed E-state index contributed by atoms with van der Waals surface area (Å²) in [6.07, 6.45) is 2.82. The number of para-hydroxylation sites is 2. The Hall–Kier alpha value is -2.57. The Balaban J connectivity index is 1.58. The van der Waals surface area contributed by atoms with Gasteiger partial charge in [0.25, 0.3) is 0 Å². The fourth-order valence-corrected chi connectivity index (χ4v) is 3.64. The second-order valence-electron chi connectivity index (χ2n) is 7.03. The third-order valence-electron chi connectivity index (χ3n) is 5.10. The molecule has 2 heterocycles. The predicted molar refractivity (Wildman–Crippen MR) is 107 cm³/mol. The van der Waals surface area contributed by atoms with Gasteiger partial charge in [-0.1, -0.05) is 19.1 Å². The molecule has 1 fully saturated rings. The van der Waals surface area contributed by atoms with Crippen molar-refractivity contribution in [2.45, 2.75) is 26.8 Å². The van der Waals surface area contributed by atoms with Crippen molar-refractivity contribution >= 4 is 23.0 Å². The monoisotopic (exact) mass is 371 g/mol. The summed E-state index contributed by atoms with van der Waals surface area (Å²) in [6, 6.07) is 8.16. The second-order valence-corrected chi connectivity index (χ2v) is 7.03.